The van der Waals surface area contributed by atoms with Crippen molar-refractivity contribution in [2.24, 2.45) is 12.8 Å². The fourth-order valence-corrected chi connectivity index (χ4v) is 2.57. The zero-order valence-corrected chi connectivity index (χ0v) is 14.3. The van der Waals surface area contributed by atoms with Gasteiger partial charge in [-0.3, -0.25) is 14.2 Å². The number of nitrogens with zero attached hydrogens (tertiary/aromatic N) is 1. The van der Waals surface area contributed by atoms with Gasteiger partial charge in [0.1, 0.15) is 11.6 Å². The zero-order valence-electron chi connectivity index (χ0n) is 12.1. The fraction of sp³-hybridized carbons (Fsp3) is 0.200. The van der Waals surface area contributed by atoms with Crippen molar-refractivity contribution >= 4 is 40.0 Å². The molecule has 0 saturated heterocycles. The molecule has 1 amide bonds. The van der Waals surface area contributed by atoms with Gasteiger partial charge in [-0.25, -0.2) is 4.39 Å². The molecule has 0 unspecified atom stereocenters. The largest absolute Gasteiger partial charge is 0.365 e. The van der Waals surface area contributed by atoms with E-state index in [1.165, 1.54) is 23.7 Å². The highest BCUT2D eigenvalue weighted by atomic mass is 127. The van der Waals surface area contributed by atoms with Crippen LogP contribution < -0.4 is 16.6 Å². The number of amides is 1. The highest BCUT2D eigenvalue weighted by Gasteiger charge is 2.17. The van der Waals surface area contributed by atoms with Crippen LogP contribution in [0.15, 0.2) is 29.1 Å². The number of anilines is 2. The summed E-state index contributed by atoms with van der Waals surface area (Å²) in [4.78, 5) is 23.9. The number of pyridine rings is 1. The number of nitrogens with two attached hydrogens (primary N) is 1. The van der Waals surface area contributed by atoms with Gasteiger partial charge in [-0.2, -0.15) is 0 Å². The molecule has 116 valence electrons. The first-order valence-corrected chi connectivity index (χ1v) is 7.67. The molecule has 0 spiro atoms. The van der Waals surface area contributed by atoms with Crippen molar-refractivity contribution in [2.45, 2.75) is 13.3 Å². The van der Waals surface area contributed by atoms with Crippen LogP contribution in [-0.4, -0.2) is 10.5 Å². The minimum Gasteiger partial charge on any atom is -0.365 e. The van der Waals surface area contributed by atoms with Gasteiger partial charge < -0.3 is 11.1 Å². The first-order valence-electron chi connectivity index (χ1n) is 6.60. The summed E-state index contributed by atoms with van der Waals surface area (Å²) in [5.74, 6) is -0.983. The highest BCUT2D eigenvalue weighted by Crippen LogP contribution is 2.23. The first kappa shape index (κ1) is 16.5. The van der Waals surface area contributed by atoms with E-state index < -0.39 is 11.7 Å². The summed E-state index contributed by atoms with van der Waals surface area (Å²) in [6.45, 7) is 1.81. The summed E-state index contributed by atoms with van der Waals surface area (Å²) in [6, 6.07) is 6.07. The predicted molar refractivity (Wildman–Crippen MR) is 92.0 cm³/mol. The molecule has 2 aromatic rings. The average molecular weight is 415 g/mol. The molecule has 1 aromatic heterocycles. The number of aromatic nitrogens is 1. The van der Waals surface area contributed by atoms with E-state index >= 15 is 0 Å². The van der Waals surface area contributed by atoms with Crippen molar-refractivity contribution in [3.8, 4) is 0 Å². The quantitative estimate of drug-likeness (QED) is 0.754. The zero-order chi connectivity index (χ0) is 16.4. The minimum atomic E-state index is -0.682. The van der Waals surface area contributed by atoms with Gasteiger partial charge in [-0.05, 0) is 53.3 Å². The number of hydrogen-bond donors (Lipinski definition) is 2. The molecule has 0 aliphatic carbocycles. The van der Waals surface area contributed by atoms with Crippen LogP contribution >= 0.6 is 22.6 Å². The fourth-order valence-electron chi connectivity index (χ4n) is 2.11. The molecule has 3 N–H and O–H groups in total. The molecule has 1 aromatic carbocycles. The van der Waals surface area contributed by atoms with E-state index in [1.807, 2.05) is 29.5 Å². The van der Waals surface area contributed by atoms with Gasteiger partial charge in [0, 0.05) is 16.2 Å². The second-order valence-corrected chi connectivity index (χ2v) is 6.01. The van der Waals surface area contributed by atoms with Crippen molar-refractivity contribution in [1.29, 1.82) is 0 Å². The third kappa shape index (κ3) is 3.13. The Hall–Kier alpha value is -1.90. The number of benzene rings is 1. The molecular weight excluding hydrogens is 400 g/mol. The van der Waals surface area contributed by atoms with Crippen molar-refractivity contribution in [3.63, 3.8) is 0 Å². The number of rotatable bonds is 4. The maximum absolute atomic E-state index is 14.0. The van der Waals surface area contributed by atoms with Gasteiger partial charge in [-0.1, -0.05) is 6.92 Å². The predicted octanol–water partition coefficient (Wildman–Crippen LogP) is 2.53. The number of halogens is 2. The van der Waals surface area contributed by atoms with E-state index in [1.54, 1.807) is 12.1 Å². The van der Waals surface area contributed by atoms with Gasteiger partial charge in [0.2, 0.25) is 0 Å². The molecule has 22 heavy (non-hydrogen) atoms. The van der Waals surface area contributed by atoms with E-state index in [9.17, 15) is 14.0 Å². The SMILES string of the molecule is CCc1cc(C(N)=O)c(Nc2ccc(I)cc2F)n(C)c1=O. The monoisotopic (exact) mass is 415 g/mol. The standard InChI is InChI=1S/C15H15FIN3O2/c1-3-8-6-10(13(18)21)14(20(2)15(8)22)19-12-5-4-9(17)7-11(12)16/h4-7,19H,3H2,1-2H3,(H2,18,21). The molecule has 1 heterocycles. The Kier molecular flexibility index (Phi) is 4.84. The lowest BCUT2D eigenvalue weighted by Crippen LogP contribution is -2.27. The van der Waals surface area contributed by atoms with Crippen LogP contribution in [0.1, 0.15) is 22.8 Å². The van der Waals surface area contributed by atoms with Crippen molar-refractivity contribution in [1.82, 2.24) is 4.57 Å². The van der Waals surface area contributed by atoms with Crippen LogP contribution in [0.25, 0.3) is 0 Å². The molecule has 0 aliphatic rings. The lowest BCUT2D eigenvalue weighted by atomic mass is 10.1. The number of nitrogens with one attached hydrogen (secondary N) is 1. The smallest absolute Gasteiger partial charge is 0.255 e. The Morgan fingerprint density at radius 3 is 2.64 bits per heavy atom. The van der Waals surface area contributed by atoms with Gasteiger partial charge >= 0.3 is 0 Å². The van der Waals surface area contributed by atoms with E-state index in [0.29, 0.717) is 12.0 Å². The van der Waals surface area contributed by atoms with Crippen LogP contribution in [-0.2, 0) is 13.5 Å². The van der Waals surface area contributed by atoms with Crippen molar-refractivity contribution < 1.29 is 9.18 Å². The summed E-state index contributed by atoms with van der Waals surface area (Å²) in [7, 11) is 1.51. The lowest BCUT2D eigenvalue weighted by Gasteiger charge is -2.16. The van der Waals surface area contributed by atoms with Crippen LogP contribution in [0.2, 0.25) is 0 Å². The molecule has 0 fully saturated rings. The maximum Gasteiger partial charge on any atom is 0.255 e. The second kappa shape index (κ2) is 6.47. The number of carbonyl (C=O) groups excluding carboxylic acids is 1. The third-order valence-corrected chi connectivity index (χ3v) is 3.99. The number of hydrogen-bond acceptors (Lipinski definition) is 3. The number of primary amides is 1. The topological polar surface area (TPSA) is 77.1 Å². The van der Waals surface area contributed by atoms with Gasteiger partial charge in [0.15, 0.2) is 0 Å². The molecule has 5 nitrogen and oxygen atoms in total. The molecule has 0 aliphatic heterocycles. The average Bonchev–Trinajstić information content (AvgIpc) is 2.46. The Morgan fingerprint density at radius 1 is 1.41 bits per heavy atom. The summed E-state index contributed by atoms with van der Waals surface area (Å²) >= 11 is 1.99. The van der Waals surface area contributed by atoms with Crippen LogP contribution in [0, 0.1) is 9.39 Å². The van der Waals surface area contributed by atoms with Crippen molar-refractivity contribution in [2.75, 3.05) is 5.32 Å². The lowest BCUT2D eigenvalue weighted by molar-refractivity contribution is 0.100. The summed E-state index contributed by atoms with van der Waals surface area (Å²) in [5.41, 5.74) is 5.93. The molecule has 0 saturated carbocycles. The minimum absolute atomic E-state index is 0.150. The Labute approximate surface area is 140 Å². The Balaban J connectivity index is 2.61. The molecule has 7 heteroatoms. The molecular formula is C15H15FIN3O2. The van der Waals surface area contributed by atoms with Crippen LogP contribution in [0.4, 0.5) is 15.9 Å². The Bertz CT molecular complexity index is 802. The van der Waals surface area contributed by atoms with Gasteiger partial charge in [0.25, 0.3) is 11.5 Å². The van der Waals surface area contributed by atoms with Crippen LogP contribution in [0.3, 0.4) is 0 Å². The Morgan fingerprint density at radius 2 is 2.09 bits per heavy atom. The maximum atomic E-state index is 14.0. The molecule has 2 rings (SSSR count). The van der Waals surface area contributed by atoms with Gasteiger partial charge in [-0.15, -0.1) is 0 Å². The molecule has 0 atom stereocenters. The second-order valence-electron chi connectivity index (χ2n) is 4.76. The summed E-state index contributed by atoms with van der Waals surface area (Å²) < 4.78 is 16.0. The van der Waals surface area contributed by atoms with Crippen molar-refractivity contribution in [3.05, 3.63) is 55.1 Å². The number of aryl methyl sites for hydroxylation is 1. The highest BCUT2D eigenvalue weighted by molar-refractivity contribution is 14.1. The van der Waals surface area contributed by atoms with Gasteiger partial charge in [0.05, 0.1) is 11.3 Å². The number of carbonyl (C=O) groups is 1. The molecule has 0 radical (unpaired) electrons. The first-order chi connectivity index (χ1) is 10.3. The van der Waals surface area contributed by atoms with E-state index in [2.05, 4.69) is 5.32 Å². The summed E-state index contributed by atoms with van der Waals surface area (Å²) in [6.07, 6.45) is 0.477. The molecule has 0 bridgehead atoms. The normalized spacial score (nSPS) is 10.5. The van der Waals surface area contributed by atoms with E-state index in [4.69, 9.17) is 5.73 Å². The van der Waals surface area contributed by atoms with E-state index in [0.717, 1.165) is 3.57 Å². The third-order valence-electron chi connectivity index (χ3n) is 3.32. The van der Waals surface area contributed by atoms with Crippen LogP contribution in [0.5, 0.6) is 0 Å². The van der Waals surface area contributed by atoms with E-state index in [-0.39, 0.29) is 22.6 Å². The summed E-state index contributed by atoms with van der Waals surface area (Å²) in [5, 5.41) is 2.79.